The van der Waals surface area contributed by atoms with Crippen molar-refractivity contribution in [2.75, 3.05) is 13.7 Å². The first-order chi connectivity index (χ1) is 11.3. The Balaban J connectivity index is 1.64. The molecule has 0 unspecified atom stereocenters. The topological polar surface area (TPSA) is 58.2 Å². The van der Waals surface area contributed by atoms with E-state index in [1.807, 2.05) is 37.4 Å². The Kier molecular flexibility index (Phi) is 4.35. The van der Waals surface area contributed by atoms with Gasteiger partial charge in [-0.3, -0.25) is 9.89 Å². The Morgan fingerprint density at radius 3 is 2.83 bits per heavy atom. The van der Waals surface area contributed by atoms with Crippen molar-refractivity contribution in [3.05, 3.63) is 47.3 Å². The molecular weight excluding hydrogens is 302 g/mol. The van der Waals surface area contributed by atoms with Gasteiger partial charge in [0, 0.05) is 12.5 Å². The summed E-state index contributed by atoms with van der Waals surface area (Å²) < 4.78 is 5.74. The molecule has 3 rings (SSSR count). The van der Waals surface area contributed by atoms with Crippen LogP contribution in [0, 0.1) is 5.92 Å². The molecule has 1 amide bonds. The number of aromatic nitrogens is 2. The molecule has 1 N–H and O–H groups in total. The van der Waals surface area contributed by atoms with Gasteiger partial charge in [-0.2, -0.15) is 5.10 Å². The number of hydrogen-bond donors (Lipinski definition) is 1. The van der Waals surface area contributed by atoms with Crippen molar-refractivity contribution in [2.24, 2.45) is 5.92 Å². The normalized spacial score (nSPS) is 17.1. The van der Waals surface area contributed by atoms with E-state index in [1.54, 1.807) is 4.90 Å². The number of carbonyl (C=O) groups is 1. The average Bonchev–Trinajstić information content (AvgIpc) is 3.02. The number of nitrogens with zero attached hydrogens (tertiary/aromatic N) is 2. The number of ether oxygens (including phenoxy) is 1. The van der Waals surface area contributed by atoms with Crippen molar-refractivity contribution in [3.63, 3.8) is 0 Å². The maximum absolute atomic E-state index is 12.7. The van der Waals surface area contributed by atoms with Crippen LogP contribution in [0.3, 0.4) is 0 Å². The molecule has 1 atom stereocenters. The lowest BCUT2D eigenvalue weighted by Gasteiger charge is -2.28. The van der Waals surface area contributed by atoms with Gasteiger partial charge >= 0.3 is 0 Å². The fourth-order valence-electron chi connectivity index (χ4n) is 2.96. The van der Waals surface area contributed by atoms with Crippen molar-refractivity contribution >= 4 is 5.91 Å². The van der Waals surface area contributed by atoms with Crippen LogP contribution in [0.5, 0.6) is 5.75 Å². The maximum Gasteiger partial charge on any atom is 0.229 e. The van der Waals surface area contributed by atoms with Crippen LogP contribution in [0.2, 0.25) is 0 Å². The minimum absolute atomic E-state index is 0.00174. The van der Waals surface area contributed by atoms with Gasteiger partial charge in [0.05, 0.1) is 23.9 Å². The van der Waals surface area contributed by atoms with E-state index in [-0.39, 0.29) is 17.2 Å². The number of para-hydroxylation sites is 1. The highest BCUT2D eigenvalue weighted by Gasteiger charge is 2.28. The van der Waals surface area contributed by atoms with Crippen molar-refractivity contribution < 1.29 is 9.53 Å². The average molecular weight is 327 g/mol. The summed E-state index contributed by atoms with van der Waals surface area (Å²) in [6.07, 6.45) is 0.732. The molecule has 1 aliphatic rings. The molecule has 0 fully saturated rings. The number of aromatic amines is 1. The van der Waals surface area contributed by atoms with Crippen molar-refractivity contribution in [1.29, 1.82) is 0 Å². The Hall–Kier alpha value is -2.30. The fourth-order valence-corrected chi connectivity index (χ4v) is 2.96. The molecule has 2 aromatic rings. The fraction of sp³-hybridized carbons (Fsp3) is 0.474. The molecule has 1 aromatic heterocycles. The summed E-state index contributed by atoms with van der Waals surface area (Å²) in [5, 5.41) is 7.40. The predicted octanol–water partition coefficient (Wildman–Crippen LogP) is 2.92. The number of amides is 1. The minimum Gasteiger partial charge on any atom is -0.492 e. The van der Waals surface area contributed by atoms with E-state index >= 15 is 0 Å². The third kappa shape index (κ3) is 3.45. The van der Waals surface area contributed by atoms with Crippen LogP contribution < -0.4 is 4.74 Å². The summed E-state index contributed by atoms with van der Waals surface area (Å²) in [5.41, 5.74) is 3.06. The van der Waals surface area contributed by atoms with Crippen molar-refractivity contribution in [2.45, 2.75) is 39.2 Å². The Bertz CT molecular complexity index is 730. The van der Waals surface area contributed by atoms with E-state index in [9.17, 15) is 4.79 Å². The molecule has 0 spiro atoms. The van der Waals surface area contributed by atoms with E-state index in [0.717, 1.165) is 29.1 Å². The quantitative estimate of drug-likeness (QED) is 0.943. The van der Waals surface area contributed by atoms with Gasteiger partial charge in [-0.25, -0.2) is 0 Å². The largest absolute Gasteiger partial charge is 0.492 e. The van der Waals surface area contributed by atoms with Gasteiger partial charge in [0.15, 0.2) is 0 Å². The smallest absolute Gasteiger partial charge is 0.229 e. The van der Waals surface area contributed by atoms with Gasteiger partial charge in [-0.15, -0.1) is 0 Å². The molecule has 0 saturated carbocycles. The summed E-state index contributed by atoms with van der Waals surface area (Å²) in [5.74, 6) is 0.874. The number of nitrogens with one attached hydrogen (secondary N) is 1. The first-order valence-corrected chi connectivity index (χ1v) is 8.35. The summed E-state index contributed by atoms with van der Waals surface area (Å²) in [6.45, 7) is 7.34. The Morgan fingerprint density at radius 1 is 1.38 bits per heavy atom. The van der Waals surface area contributed by atoms with Gasteiger partial charge in [-0.05, 0) is 24.1 Å². The van der Waals surface area contributed by atoms with E-state index < -0.39 is 0 Å². The lowest BCUT2D eigenvalue weighted by Crippen LogP contribution is -2.38. The number of carbonyl (C=O) groups excluding carboxylic acids is 1. The highest BCUT2D eigenvalue weighted by atomic mass is 16.5. The lowest BCUT2D eigenvalue weighted by molar-refractivity contribution is -0.136. The second-order valence-electron chi connectivity index (χ2n) is 7.54. The minimum atomic E-state index is -0.130. The molecule has 1 aromatic carbocycles. The van der Waals surface area contributed by atoms with E-state index in [0.29, 0.717) is 13.2 Å². The van der Waals surface area contributed by atoms with E-state index in [1.165, 1.54) is 0 Å². The Morgan fingerprint density at radius 2 is 2.12 bits per heavy atom. The van der Waals surface area contributed by atoms with Gasteiger partial charge < -0.3 is 9.64 Å². The van der Waals surface area contributed by atoms with Crippen LogP contribution in [-0.2, 0) is 23.2 Å². The van der Waals surface area contributed by atoms with Gasteiger partial charge in [0.25, 0.3) is 0 Å². The molecule has 0 bridgehead atoms. The first-order valence-electron chi connectivity index (χ1n) is 8.35. The molecule has 24 heavy (non-hydrogen) atoms. The van der Waals surface area contributed by atoms with Crippen LogP contribution in [0.1, 0.15) is 37.7 Å². The molecule has 2 heterocycles. The maximum atomic E-state index is 12.7. The number of H-pyrrole nitrogens is 1. The molecule has 1 aliphatic heterocycles. The van der Waals surface area contributed by atoms with Crippen molar-refractivity contribution in [1.82, 2.24) is 15.1 Å². The second kappa shape index (κ2) is 6.30. The lowest BCUT2D eigenvalue weighted by atomic mass is 9.92. The van der Waals surface area contributed by atoms with Crippen LogP contribution in [-0.4, -0.2) is 34.7 Å². The third-order valence-corrected chi connectivity index (χ3v) is 4.41. The predicted molar refractivity (Wildman–Crippen MR) is 92.9 cm³/mol. The Labute approximate surface area is 143 Å². The first kappa shape index (κ1) is 16.6. The number of rotatable bonds is 3. The molecule has 5 heteroatoms. The van der Waals surface area contributed by atoms with Gasteiger partial charge in [0.2, 0.25) is 5.91 Å². The van der Waals surface area contributed by atoms with Crippen molar-refractivity contribution in [3.8, 4) is 5.75 Å². The zero-order valence-corrected chi connectivity index (χ0v) is 14.8. The van der Waals surface area contributed by atoms with Crippen LogP contribution >= 0.6 is 0 Å². The summed E-state index contributed by atoms with van der Waals surface area (Å²) in [6, 6.07) is 9.96. The van der Waals surface area contributed by atoms with Crippen LogP contribution in [0.25, 0.3) is 0 Å². The summed E-state index contributed by atoms with van der Waals surface area (Å²) in [7, 11) is 1.83. The van der Waals surface area contributed by atoms with Crippen LogP contribution in [0.4, 0.5) is 0 Å². The third-order valence-electron chi connectivity index (χ3n) is 4.41. The SMILES string of the molecule is CN(Cc1cc(C(C)(C)C)n[nH]1)C(=O)[C@H]1COc2ccccc2C1. The molecular formula is C19H25N3O2. The zero-order chi connectivity index (χ0) is 17.3. The summed E-state index contributed by atoms with van der Waals surface area (Å²) >= 11 is 0. The number of fused-ring (bicyclic) bond motifs is 1. The standard InChI is InChI=1S/C19H25N3O2/c1-19(2,3)17-10-15(20-21-17)11-22(4)18(23)14-9-13-7-5-6-8-16(13)24-12-14/h5-8,10,14H,9,11-12H2,1-4H3,(H,20,21)/t14-/m1/s1. The zero-order valence-electron chi connectivity index (χ0n) is 14.8. The van der Waals surface area contributed by atoms with Crippen LogP contribution in [0.15, 0.2) is 30.3 Å². The molecule has 128 valence electrons. The highest BCUT2D eigenvalue weighted by Crippen LogP contribution is 2.28. The summed E-state index contributed by atoms with van der Waals surface area (Å²) in [4.78, 5) is 14.5. The highest BCUT2D eigenvalue weighted by molar-refractivity contribution is 5.79. The van der Waals surface area contributed by atoms with Gasteiger partial charge in [-0.1, -0.05) is 39.0 Å². The number of hydrogen-bond acceptors (Lipinski definition) is 3. The molecule has 0 radical (unpaired) electrons. The van der Waals surface area contributed by atoms with E-state index in [2.05, 4.69) is 31.0 Å². The monoisotopic (exact) mass is 327 g/mol. The molecule has 0 aliphatic carbocycles. The van der Waals surface area contributed by atoms with E-state index in [4.69, 9.17) is 4.74 Å². The molecule has 5 nitrogen and oxygen atoms in total. The van der Waals surface area contributed by atoms with Gasteiger partial charge in [0.1, 0.15) is 12.4 Å². The second-order valence-corrected chi connectivity index (χ2v) is 7.54. The molecule has 0 saturated heterocycles. The number of benzene rings is 1.